The van der Waals surface area contributed by atoms with Crippen LogP contribution in [0.25, 0.3) is 15.9 Å². The molecule has 10 heteroatoms. The van der Waals surface area contributed by atoms with E-state index in [2.05, 4.69) is 5.32 Å². The summed E-state index contributed by atoms with van der Waals surface area (Å²) in [5, 5.41) is 3.89. The number of aryl methyl sites for hydroxylation is 2. The number of thioether (sulfide) groups is 1. The molecule has 1 aliphatic carbocycles. The summed E-state index contributed by atoms with van der Waals surface area (Å²) in [6, 6.07) is 7.10. The molecule has 1 saturated heterocycles. The summed E-state index contributed by atoms with van der Waals surface area (Å²) in [4.78, 5) is 45.8. The average molecular weight is 499 g/mol. The Morgan fingerprint density at radius 2 is 2.03 bits per heavy atom. The summed E-state index contributed by atoms with van der Waals surface area (Å²) in [6.07, 6.45) is 5.96. The number of ether oxygens (including phenoxy) is 1. The minimum Gasteiger partial charge on any atom is -0.497 e. The van der Waals surface area contributed by atoms with Crippen LogP contribution in [0.1, 0.15) is 36.1 Å². The van der Waals surface area contributed by atoms with Crippen LogP contribution in [0.5, 0.6) is 5.75 Å². The molecule has 178 valence electrons. The topological polar surface area (TPSA) is 93.5 Å². The molecular weight excluding hydrogens is 472 g/mol. The first kappa shape index (κ1) is 22.9. The van der Waals surface area contributed by atoms with Gasteiger partial charge in [-0.2, -0.15) is 0 Å². The van der Waals surface area contributed by atoms with Crippen molar-refractivity contribution in [2.24, 2.45) is 0 Å². The molecule has 8 nitrogen and oxygen atoms in total. The van der Waals surface area contributed by atoms with Gasteiger partial charge in [0.25, 0.3) is 5.56 Å². The summed E-state index contributed by atoms with van der Waals surface area (Å²) in [7, 11) is 1.60. The van der Waals surface area contributed by atoms with Gasteiger partial charge >= 0.3 is 6.03 Å². The highest BCUT2D eigenvalue weighted by Crippen LogP contribution is 2.35. The van der Waals surface area contributed by atoms with Crippen molar-refractivity contribution in [3.63, 3.8) is 0 Å². The van der Waals surface area contributed by atoms with E-state index >= 15 is 0 Å². The number of urea groups is 1. The van der Waals surface area contributed by atoms with Gasteiger partial charge in [0.1, 0.15) is 10.6 Å². The number of nitrogens with one attached hydrogen (secondary N) is 1. The molecule has 1 fully saturated rings. The summed E-state index contributed by atoms with van der Waals surface area (Å²) < 4.78 is 7.08. The second-order valence-corrected chi connectivity index (χ2v) is 10.5. The lowest BCUT2D eigenvalue weighted by Crippen LogP contribution is -2.32. The van der Waals surface area contributed by atoms with E-state index in [1.807, 2.05) is 24.3 Å². The first-order chi connectivity index (χ1) is 16.6. The van der Waals surface area contributed by atoms with Crippen molar-refractivity contribution in [3.8, 4) is 11.4 Å². The number of hydrogen-bond acceptors (Lipinski definition) is 7. The largest absolute Gasteiger partial charge is 0.497 e. The zero-order chi connectivity index (χ0) is 23.7. The number of nitrogens with zero attached hydrogens (tertiary/aromatic N) is 3. The molecule has 2 aliphatic rings. The van der Waals surface area contributed by atoms with Gasteiger partial charge in [0.2, 0.25) is 5.91 Å². The van der Waals surface area contributed by atoms with Crippen LogP contribution < -0.4 is 15.6 Å². The number of imide groups is 1. The fourth-order valence-electron chi connectivity index (χ4n) is 4.50. The van der Waals surface area contributed by atoms with Gasteiger partial charge in [-0.25, -0.2) is 9.78 Å². The lowest BCUT2D eigenvalue weighted by atomic mass is 10.1. The second kappa shape index (κ2) is 9.79. The van der Waals surface area contributed by atoms with Crippen molar-refractivity contribution in [2.75, 3.05) is 26.0 Å². The summed E-state index contributed by atoms with van der Waals surface area (Å²) in [5.41, 5.74) is 1.83. The molecule has 1 aliphatic heterocycles. The van der Waals surface area contributed by atoms with E-state index in [1.165, 1.54) is 33.5 Å². The number of thiophene rings is 1. The van der Waals surface area contributed by atoms with Crippen LogP contribution in [0.2, 0.25) is 0 Å². The van der Waals surface area contributed by atoms with Gasteiger partial charge in [-0.15, -0.1) is 11.3 Å². The highest BCUT2D eigenvalue weighted by Gasteiger charge is 2.28. The Kier molecular flexibility index (Phi) is 6.60. The molecule has 1 aromatic carbocycles. The average Bonchev–Trinajstić information content (AvgIpc) is 3.25. The van der Waals surface area contributed by atoms with Crippen molar-refractivity contribution in [1.82, 2.24) is 19.8 Å². The van der Waals surface area contributed by atoms with E-state index in [4.69, 9.17) is 9.72 Å². The van der Waals surface area contributed by atoms with Crippen molar-refractivity contribution >= 4 is 45.3 Å². The van der Waals surface area contributed by atoms with Crippen LogP contribution >= 0.6 is 23.1 Å². The Balaban J connectivity index is 1.50. The van der Waals surface area contributed by atoms with Crippen molar-refractivity contribution < 1.29 is 14.3 Å². The molecule has 5 rings (SSSR count). The van der Waals surface area contributed by atoms with Gasteiger partial charge in [0, 0.05) is 23.2 Å². The third kappa shape index (κ3) is 4.32. The number of rotatable bonds is 7. The fourth-order valence-corrected chi connectivity index (χ4v) is 6.74. The normalized spacial score (nSPS) is 16.0. The van der Waals surface area contributed by atoms with Crippen LogP contribution in [-0.2, 0) is 17.6 Å². The number of aromatic nitrogens is 2. The fraction of sp³-hybridized carbons (Fsp3) is 0.417. The molecule has 3 heterocycles. The molecule has 1 N–H and O–H groups in total. The maximum atomic E-state index is 13.9. The number of amides is 3. The quantitative estimate of drug-likeness (QED) is 0.175. The smallest absolute Gasteiger partial charge is 0.324 e. The summed E-state index contributed by atoms with van der Waals surface area (Å²) in [6.45, 7) is 0.402. The Bertz CT molecular complexity index is 1300. The predicted octanol–water partition coefficient (Wildman–Crippen LogP) is 3.76. The van der Waals surface area contributed by atoms with Gasteiger partial charge in [-0.05, 0) is 49.8 Å². The zero-order valence-corrected chi connectivity index (χ0v) is 20.6. The van der Waals surface area contributed by atoms with Gasteiger partial charge in [-0.1, -0.05) is 24.2 Å². The number of fused-ring (bicyclic) bond motifs is 3. The van der Waals surface area contributed by atoms with Crippen molar-refractivity contribution in [3.05, 3.63) is 45.1 Å². The summed E-state index contributed by atoms with van der Waals surface area (Å²) >= 11 is 3.11. The molecule has 0 saturated carbocycles. The van der Waals surface area contributed by atoms with Gasteiger partial charge in [-0.3, -0.25) is 19.1 Å². The Morgan fingerprint density at radius 3 is 2.82 bits per heavy atom. The van der Waals surface area contributed by atoms with E-state index < -0.39 is 0 Å². The maximum Gasteiger partial charge on any atom is 0.324 e. The maximum absolute atomic E-state index is 13.9. The molecule has 34 heavy (non-hydrogen) atoms. The molecule has 0 atom stereocenters. The van der Waals surface area contributed by atoms with Gasteiger partial charge in [0.15, 0.2) is 5.16 Å². The first-order valence-electron chi connectivity index (χ1n) is 11.5. The molecule has 0 radical (unpaired) electrons. The minimum atomic E-state index is -0.345. The molecule has 0 spiro atoms. The molecule has 2 aromatic heterocycles. The highest BCUT2D eigenvalue weighted by atomic mass is 32.2. The third-order valence-corrected chi connectivity index (χ3v) is 8.42. The predicted molar refractivity (Wildman–Crippen MR) is 133 cm³/mol. The van der Waals surface area contributed by atoms with Crippen LogP contribution in [0.15, 0.2) is 34.2 Å². The van der Waals surface area contributed by atoms with Gasteiger partial charge < -0.3 is 10.1 Å². The molecular formula is C24H26N4O4S2. The molecule has 0 unspecified atom stereocenters. The highest BCUT2D eigenvalue weighted by molar-refractivity contribution is 7.99. The van der Waals surface area contributed by atoms with E-state index in [1.54, 1.807) is 23.0 Å². The number of methoxy groups -OCH3 is 1. The van der Waals surface area contributed by atoms with Crippen molar-refractivity contribution in [1.29, 1.82) is 0 Å². The molecule has 0 bridgehead atoms. The lowest BCUT2D eigenvalue weighted by molar-refractivity contribution is -0.124. The van der Waals surface area contributed by atoms with Crippen LogP contribution in [-0.4, -0.2) is 52.3 Å². The Labute approximate surface area is 205 Å². The Hall–Kier alpha value is -2.85. The van der Waals surface area contributed by atoms with Gasteiger partial charge in [0.05, 0.1) is 24.7 Å². The van der Waals surface area contributed by atoms with Crippen molar-refractivity contribution in [2.45, 2.75) is 43.7 Å². The minimum absolute atomic E-state index is 0.0470. The molecule has 3 amide bonds. The molecule has 3 aromatic rings. The van der Waals surface area contributed by atoms with E-state index in [0.29, 0.717) is 35.3 Å². The number of carbonyl (C=O) groups is 2. The standard InChI is InChI=1S/C24H26N4O4S2/c1-32-16-8-5-7-15(13-16)28-22(30)20-17-9-3-2-4-10-18(17)34-21(20)26-24(28)33-12-6-11-27-19(29)14-25-23(27)31/h5,7-8,13H,2-4,6,9-12,14H2,1H3,(H,25,31). The van der Waals surface area contributed by atoms with Crippen LogP contribution in [0.4, 0.5) is 4.79 Å². The number of carbonyl (C=O) groups excluding carboxylic acids is 2. The zero-order valence-electron chi connectivity index (χ0n) is 19.0. The lowest BCUT2D eigenvalue weighted by Gasteiger charge is -2.14. The van der Waals surface area contributed by atoms with Crippen LogP contribution in [0, 0.1) is 0 Å². The van der Waals surface area contributed by atoms with E-state index in [0.717, 1.165) is 35.9 Å². The SMILES string of the molecule is COc1cccc(-n2c(SCCCN3C(=O)CNC3=O)nc3sc4c(c3c2=O)CCCCC4)c1. The van der Waals surface area contributed by atoms with E-state index in [9.17, 15) is 14.4 Å². The number of benzene rings is 1. The first-order valence-corrected chi connectivity index (χ1v) is 13.3. The van der Waals surface area contributed by atoms with Crippen LogP contribution in [0.3, 0.4) is 0 Å². The number of hydrogen-bond donors (Lipinski definition) is 1. The Morgan fingerprint density at radius 1 is 1.18 bits per heavy atom. The van der Waals surface area contributed by atoms with E-state index in [-0.39, 0.29) is 24.0 Å². The monoisotopic (exact) mass is 498 g/mol. The summed E-state index contributed by atoms with van der Waals surface area (Å²) in [5.74, 6) is 1.08. The third-order valence-electron chi connectivity index (χ3n) is 6.21. The second-order valence-electron chi connectivity index (χ2n) is 8.39.